The smallest absolute Gasteiger partial charge is 0.462 e. The van der Waals surface area contributed by atoms with E-state index in [2.05, 4.69) is 9.26 Å². The van der Waals surface area contributed by atoms with Crippen LogP contribution in [0.1, 0.15) is 6.92 Å². The second-order valence-corrected chi connectivity index (χ2v) is 3.07. The second-order valence-electron chi connectivity index (χ2n) is 1.83. The van der Waals surface area contributed by atoms with E-state index in [1.54, 1.807) is 0 Å². The molecule has 0 spiro atoms. The summed E-state index contributed by atoms with van der Waals surface area (Å²) in [5, 5.41) is 0. The van der Waals surface area contributed by atoms with E-state index >= 15 is 0 Å². The average Bonchev–Trinajstić information content (AvgIpc) is 1.83. The molecule has 0 heterocycles. The molecule has 0 saturated heterocycles. The molecular weight excluding hydrogens is 175 g/mol. The van der Waals surface area contributed by atoms with Crippen molar-refractivity contribution in [2.75, 3.05) is 6.61 Å². The van der Waals surface area contributed by atoms with Crippen molar-refractivity contribution >= 4 is 14.3 Å². The number of phosphoric acid groups is 1. The van der Waals surface area contributed by atoms with Crippen molar-refractivity contribution < 1.29 is 28.4 Å². The summed E-state index contributed by atoms with van der Waals surface area (Å²) in [6, 6.07) is 0. The monoisotopic (exact) mass is 184 g/mol. The Hall–Kier alpha value is -0.420. The summed E-state index contributed by atoms with van der Waals surface area (Å²) in [7, 11) is -4.44. The van der Waals surface area contributed by atoms with Crippen LogP contribution >= 0.6 is 7.82 Å². The molecule has 0 aromatic carbocycles. The zero-order valence-corrected chi connectivity index (χ0v) is 6.73. The minimum absolute atomic E-state index is 0.188. The summed E-state index contributed by atoms with van der Waals surface area (Å²) in [4.78, 5) is 26.0. The maximum absolute atomic E-state index is 10.1. The third-order valence-corrected chi connectivity index (χ3v) is 1.25. The molecule has 0 amide bonds. The molecule has 0 fully saturated rings. The minimum atomic E-state index is -4.44. The summed E-state index contributed by atoms with van der Waals surface area (Å²) in [6.07, 6.45) is -0.653. The lowest BCUT2D eigenvalue weighted by Crippen LogP contribution is -2.13. The van der Waals surface area contributed by atoms with Gasteiger partial charge >= 0.3 is 7.82 Å². The summed E-state index contributed by atoms with van der Waals surface area (Å²) in [5.41, 5.74) is 0. The first-order chi connectivity index (χ1) is 4.95. The summed E-state index contributed by atoms with van der Waals surface area (Å²) in [5.74, 6) is 0. The van der Waals surface area contributed by atoms with Crippen LogP contribution in [0.15, 0.2) is 0 Å². The van der Waals surface area contributed by atoms with Crippen LogP contribution in [0.5, 0.6) is 0 Å². The first kappa shape index (κ1) is 10.6. The van der Waals surface area contributed by atoms with Gasteiger partial charge in [0.25, 0.3) is 6.47 Å². The highest BCUT2D eigenvalue weighted by Crippen LogP contribution is 2.35. The molecule has 0 aliphatic heterocycles. The van der Waals surface area contributed by atoms with Gasteiger partial charge in [-0.2, -0.15) is 0 Å². The normalized spacial score (nSPS) is 14.1. The van der Waals surface area contributed by atoms with Gasteiger partial charge in [0.15, 0.2) is 0 Å². The Kier molecular flexibility index (Phi) is 4.29. The number of hydrogen-bond donors (Lipinski definition) is 2. The van der Waals surface area contributed by atoms with Gasteiger partial charge in [-0.25, -0.2) is 4.57 Å². The quantitative estimate of drug-likeness (QED) is 0.448. The molecule has 7 heteroatoms. The molecule has 0 aliphatic carbocycles. The molecule has 6 nitrogen and oxygen atoms in total. The molecular formula is C4H9O6P. The van der Waals surface area contributed by atoms with E-state index in [0.717, 1.165) is 0 Å². The number of carbonyl (C=O) groups excluding carboxylic acids is 1. The van der Waals surface area contributed by atoms with Crippen molar-refractivity contribution in [1.82, 2.24) is 0 Å². The molecule has 0 saturated carbocycles. The molecule has 0 aliphatic rings. The van der Waals surface area contributed by atoms with Crippen LogP contribution in [0.4, 0.5) is 0 Å². The average molecular weight is 184 g/mol. The Balaban J connectivity index is 3.53. The fourth-order valence-corrected chi connectivity index (χ4v) is 0.740. The standard InChI is InChI=1S/C4H9O6P/c1-4(9-3-5)2-10-11(6,7)8/h3-4H,2H2,1H3,(H2,6,7,8)/t4-/m1/s1. The molecule has 0 unspecified atom stereocenters. The highest BCUT2D eigenvalue weighted by molar-refractivity contribution is 7.46. The fourth-order valence-electron chi connectivity index (χ4n) is 0.336. The Bertz CT molecular complexity index is 162. The number of phosphoric ester groups is 1. The van der Waals surface area contributed by atoms with Crippen LogP contribution in [-0.4, -0.2) is 29.0 Å². The first-order valence-corrected chi connectivity index (χ1v) is 4.28. The molecule has 0 aromatic rings. The third kappa shape index (κ3) is 7.48. The van der Waals surface area contributed by atoms with Crippen molar-refractivity contribution in [2.24, 2.45) is 0 Å². The van der Waals surface area contributed by atoms with Crippen molar-refractivity contribution in [1.29, 1.82) is 0 Å². The summed E-state index contributed by atoms with van der Waals surface area (Å²) < 4.78 is 18.4. The van der Waals surface area contributed by atoms with Gasteiger partial charge in [0.2, 0.25) is 0 Å². The summed E-state index contributed by atoms with van der Waals surface area (Å²) in [6.45, 7) is 1.32. The van der Waals surface area contributed by atoms with E-state index in [1.165, 1.54) is 6.92 Å². The molecule has 1 atom stereocenters. The largest absolute Gasteiger partial charge is 0.469 e. The molecule has 0 bridgehead atoms. The van der Waals surface area contributed by atoms with E-state index in [-0.39, 0.29) is 13.1 Å². The first-order valence-electron chi connectivity index (χ1n) is 2.75. The SMILES string of the molecule is C[C@H](COP(=O)(O)O)OC=O. The van der Waals surface area contributed by atoms with Crippen molar-refractivity contribution in [3.63, 3.8) is 0 Å². The lowest BCUT2D eigenvalue weighted by molar-refractivity contribution is -0.134. The lowest BCUT2D eigenvalue weighted by Gasteiger charge is -2.09. The van der Waals surface area contributed by atoms with Crippen LogP contribution in [0.2, 0.25) is 0 Å². The van der Waals surface area contributed by atoms with Gasteiger partial charge in [-0.05, 0) is 6.92 Å². The van der Waals surface area contributed by atoms with Gasteiger partial charge in [-0.15, -0.1) is 0 Å². The zero-order chi connectivity index (χ0) is 8.91. The van der Waals surface area contributed by atoms with E-state index < -0.39 is 13.9 Å². The predicted molar refractivity (Wildman–Crippen MR) is 34.6 cm³/mol. The van der Waals surface area contributed by atoms with E-state index in [1.807, 2.05) is 0 Å². The van der Waals surface area contributed by atoms with Gasteiger partial charge in [-0.1, -0.05) is 0 Å². The van der Waals surface area contributed by atoms with Crippen molar-refractivity contribution in [3.8, 4) is 0 Å². The number of hydrogen-bond acceptors (Lipinski definition) is 4. The van der Waals surface area contributed by atoms with Crippen LogP contribution in [-0.2, 0) is 18.6 Å². The highest BCUT2D eigenvalue weighted by atomic mass is 31.2. The van der Waals surface area contributed by atoms with Gasteiger partial charge in [0.1, 0.15) is 6.10 Å². The lowest BCUT2D eigenvalue weighted by atomic mass is 10.4. The van der Waals surface area contributed by atoms with Crippen molar-refractivity contribution in [3.05, 3.63) is 0 Å². The van der Waals surface area contributed by atoms with Crippen LogP contribution in [0.3, 0.4) is 0 Å². The Morgan fingerprint density at radius 3 is 2.55 bits per heavy atom. The van der Waals surface area contributed by atoms with Gasteiger partial charge < -0.3 is 14.5 Å². The van der Waals surface area contributed by atoms with Gasteiger partial charge in [0.05, 0.1) is 6.61 Å². The summed E-state index contributed by atoms with van der Waals surface area (Å²) >= 11 is 0. The van der Waals surface area contributed by atoms with E-state index in [4.69, 9.17) is 9.79 Å². The van der Waals surface area contributed by atoms with Crippen LogP contribution < -0.4 is 0 Å². The predicted octanol–water partition coefficient (Wildman–Crippen LogP) is -0.343. The number of carbonyl (C=O) groups is 1. The Labute approximate surface area is 63.4 Å². The molecule has 0 aromatic heterocycles. The van der Waals surface area contributed by atoms with Crippen molar-refractivity contribution in [2.45, 2.75) is 13.0 Å². The fraction of sp³-hybridized carbons (Fsp3) is 0.750. The minimum Gasteiger partial charge on any atom is -0.462 e. The van der Waals surface area contributed by atoms with E-state index in [0.29, 0.717) is 0 Å². The zero-order valence-electron chi connectivity index (χ0n) is 5.84. The van der Waals surface area contributed by atoms with Crippen LogP contribution in [0.25, 0.3) is 0 Å². The molecule has 2 N–H and O–H groups in total. The molecule has 11 heavy (non-hydrogen) atoms. The topological polar surface area (TPSA) is 93.1 Å². The Morgan fingerprint density at radius 1 is 1.64 bits per heavy atom. The number of ether oxygens (including phenoxy) is 1. The number of rotatable bonds is 5. The molecule has 0 rings (SSSR count). The van der Waals surface area contributed by atoms with Gasteiger partial charge in [0, 0.05) is 0 Å². The highest BCUT2D eigenvalue weighted by Gasteiger charge is 2.15. The van der Waals surface area contributed by atoms with E-state index in [9.17, 15) is 9.36 Å². The Morgan fingerprint density at radius 2 is 2.18 bits per heavy atom. The third-order valence-electron chi connectivity index (χ3n) is 0.765. The maximum atomic E-state index is 10.1. The molecule has 66 valence electrons. The second kappa shape index (κ2) is 4.46. The molecule has 0 radical (unpaired) electrons. The van der Waals surface area contributed by atoms with Crippen LogP contribution in [0, 0.1) is 0 Å². The van der Waals surface area contributed by atoms with Gasteiger partial charge in [-0.3, -0.25) is 9.32 Å². The maximum Gasteiger partial charge on any atom is 0.469 e.